The van der Waals surface area contributed by atoms with Crippen LogP contribution < -0.4 is 0 Å². The highest BCUT2D eigenvalue weighted by Gasteiger charge is 2.10. The van der Waals surface area contributed by atoms with Crippen LogP contribution in [0.15, 0.2) is 85.4 Å². The van der Waals surface area contributed by atoms with Crippen molar-refractivity contribution < 1.29 is 4.79 Å². The lowest BCUT2D eigenvalue weighted by molar-refractivity contribution is 0.112. The van der Waals surface area contributed by atoms with Crippen molar-refractivity contribution in [2.24, 2.45) is 0 Å². The number of benzene rings is 4. The fourth-order valence-corrected chi connectivity index (χ4v) is 3.16. The Kier molecular flexibility index (Phi) is 3.47. The Labute approximate surface area is 140 Å². The molecule has 0 saturated heterocycles. The molecule has 0 aliphatic heterocycles. The van der Waals surface area contributed by atoms with Crippen LogP contribution in [0.3, 0.4) is 0 Å². The Morgan fingerprint density at radius 1 is 0.708 bits per heavy atom. The van der Waals surface area contributed by atoms with E-state index in [4.69, 9.17) is 0 Å². The predicted octanol–water partition coefficient (Wildman–Crippen LogP) is 5.87. The number of carbonyl (C=O) groups is 1. The summed E-state index contributed by atoms with van der Waals surface area (Å²) in [5.74, 6) is 0. The summed E-state index contributed by atoms with van der Waals surface area (Å²) in [6.07, 6.45) is 0.915. The summed E-state index contributed by atoms with van der Waals surface area (Å²) in [6.45, 7) is 4.21. The molecule has 4 rings (SSSR count). The molecule has 0 spiro atoms. The van der Waals surface area contributed by atoms with Crippen molar-refractivity contribution in [2.75, 3.05) is 0 Å². The van der Waals surface area contributed by atoms with Crippen LogP contribution >= 0.6 is 0 Å². The third-order valence-electron chi connectivity index (χ3n) is 4.45. The van der Waals surface area contributed by atoms with Crippen LogP contribution in [0.2, 0.25) is 0 Å². The summed E-state index contributed by atoms with van der Waals surface area (Å²) in [4.78, 5) is 11.6. The summed E-state index contributed by atoms with van der Waals surface area (Å²) in [7, 11) is 0. The Morgan fingerprint density at radius 3 is 1.92 bits per heavy atom. The normalized spacial score (nSPS) is 10.8. The summed E-state index contributed by atoms with van der Waals surface area (Å²) < 4.78 is 0. The second-order valence-corrected chi connectivity index (χ2v) is 5.95. The van der Waals surface area contributed by atoms with Crippen molar-refractivity contribution >= 4 is 33.4 Å². The minimum Gasteiger partial charge on any atom is -0.298 e. The zero-order chi connectivity index (χ0) is 16.5. The Hall–Kier alpha value is -3.19. The smallest absolute Gasteiger partial charge is 0.150 e. The third-order valence-corrected chi connectivity index (χ3v) is 4.45. The van der Waals surface area contributed by atoms with Gasteiger partial charge in [0.1, 0.15) is 0 Å². The van der Waals surface area contributed by atoms with Gasteiger partial charge in [-0.05, 0) is 62.5 Å². The van der Waals surface area contributed by atoms with Gasteiger partial charge in [0.2, 0.25) is 0 Å². The second kappa shape index (κ2) is 5.78. The van der Waals surface area contributed by atoms with E-state index in [2.05, 4.69) is 36.9 Å². The average molecular weight is 308 g/mol. The number of carbonyl (C=O) groups excluding carboxylic acids is 1. The minimum atomic E-state index is 0.673. The molecule has 0 radical (unpaired) electrons. The molecule has 1 nitrogen and oxygen atoms in total. The maximum atomic E-state index is 11.6. The highest BCUT2D eigenvalue weighted by molar-refractivity contribution is 6.03. The van der Waals surface area contributed by atoms with Gasteiger partial charge in [-0.2, -0.15) is 0 Å². The van der Waals surface area contributed by atoms with Crippen molar-refractivity contribution in [3.05, 3.63) is 102 Å². The average Bonchev–Trinajstić information content (AvgIpc) is 2.65. The number of hydrogen-bond acceptors (Lipinski definition) is 1. The van der Waals surface area contributed by atoms with Crippen LogP contribution in [-0.4, -0.2) is 6.29 Å². The van der Waals surface area contributed by atoms with Crippen molar-refractivity contribution in [3.8, 4) is 0 Å². The summed E-state index contributed by atoms with van der Waals surface area (Å²) in [6, 6.07) is 26.6. The molecular weight excluding hydrogens is 292 g/mol. The summed E-state index contributed by atoms with van der Waals surface area (Å²) >= 11 is 0. The fourth-order valence-electron chi connectivity index (χ4n) is 3.16. The molecule has 0 fully saturated rings. The Morgan fingerprint density at radius 2 is 1.29 bits per heavy atom. The third kappa shape index (κ3) is 2.40. The molecule has 114 valence electrons. The largest absolute Gasteiger partial charge is 0.298 e. The first kappa shape index (κ1) is 14.4. The van der Waals surface area contributed by atoms with E-state index in [0.29, 0.717) is 5.56 Å². The number of aldehydes is 1. The van der Waals surface area contributed by atoms with Crippen LogP contribution in [0.25, 0.3) is 27.1 Å². The lowest BCUT2D eigenvalue weighted by Gasteiger charge is -2.12. The highest BCUT2D eigenvalue weighted by atomic mass is 16.1. The van der Waals surface area contributed by atoms with Gasteiger partial charge in [-0.25, -0.2) is 0 Å². The molecule has 4 aromatic rings. The van der Waals surface area contributed by atoms with Gasteiger partial charge in [0.25, 0.3) is 0 Å². The van der Waals surface area contributed by atoms with Crippen LogP contribution in [0.1, 0.15) is 21.5 Å². The van der Waals surface area contributed by atoms with Crippen LogP contribution in [0, 0.1) is 0 Å². The van der Waals surface area contributed by atoms with E-state index in [1.54, 1.807) is 0 Å². The first-order valence-electron chi connectivity index (χ1n) is 7.93. The van der Waals surface area contributed by atoms with Crippen molar-refractivity contribution in [2.45, 2.75) is 0 Å². The molecular formula is C23H16O. The Balaban J connectivity index is 1.96. The van der Waals surface area contributed by atoms with Gasteiger partial charge >= 0.3 is 0 Å². The monoisotopic (exact) mass is 308 g/mol. The topological polar surface area (TPSA) is 17.1 Å². The van der Waals surface area contributed by atoms with Gasteiger partial charge in [-0.3, -0.25) is 4.79 Å². The van der Waals surface area contributed by atoms with Gasteiger partial charge in [0, 0.05) is 5.56 Å². The first-order valence-corrected chi connectivity index (χ1v) is 7.93. The molecule has 0 aliphatic rings. The molecule has 0 aromatic heterocycles. The lowest BCUT2D eigenvalue weighted by atomic mass is 9.92. The van der Waals surface area contributed by atoms with Gasteiger partial charge < -0.3 is 0 Å². The van der Waals surface area contributed by atoms with E-state index < -0.39 is 0 Å². The van der Waals surface area contributed by atoms with E-state index in [0.717, 1.165) is 33.8 Å². The SMILES string of the molecule is C=C(c1ccccc1)c1cc2cc3ccccc3cc2cc1C=O. The molecule has 0 unspecified atom stereocenters. The zero-order valence-electron chi connectivity index (χ0n) is 13.2. The van der Waals surface area contributed by atoms with Gasteiger partial charge in [0.15, 0.2) is 6.29 Å². The van der Waals surface area contributed by atoms with E-state index in [9.17, 15) is 4.79 Å². The van der Waals surface area contributed by atoms with E-state index in [-0.39, 0.29) is 0 Å². The van der Waals surface area contributed by atoms with Crippen LogP contribution in [0.4, 0.5) is 0 Å². The molecule has 0 amide bonds. The van der Waals surface area contributed by atoms with Gasteiger partial charge in [0.05, 0.1) is 0 Å². The molecule has 24 heavy (non-hydrogen) atoms. The molecule has 1 heteroatoms. The van der Waals surface area contributed by atoms with Crippen molar-refractivity contribution in [1.82, 2.24) is 0 Å². The number of rotatable bonds is 3. The lowest BCUT2D eigenvalue weighted by Crippen LogP contribution is -1.94. The molecule has 4 aromatic carbocycles. The predicted molar refractivity (Wildman–Crippen MR) is 101 cm³/mol. The molecule has 0 bridgehead atoms. The van der Waals surface area contributed by atoms with Crippen LogP contribution in [-0.2, 0) is 0 Å². The molecule has 0 saturated carbocycles. The molecule has 0 aliphatic carbocycles. The fraction of sp³-hybridized carbons (Fsp3) is 0. The molecule has 0 N–H and O–H groups in total. The summed E-state index contributed by atoms with van der Waals surface area (Å²) in [5.41, 5.74) is 3.46. The highest BCUT2D eigenvalue weighted by Crippen LogP contribution is 2.30. The van der Waals surface area contributed by atoms with Crippen molar-refractivity contribution in [3.63, 3.8) is 0 Å². The van der Waals surface area contributed by atoms with E-state index >= 15 is 0 Å². The van der Waals surface area contributed by atoms with Gasteiger partial charge in [-0.1, -0.05) is 61.2 Å². The first-order chi connectivity index (χ1) is 11.8. The van der Waals surface area contributed by atoms with Gasteiger partial charge in [-0.15, -0.1) is 0 Å². The Bertz CT molecular complexity index is 1080. The number of hydrogen-bond donors (Lipinski definition) is 0. The minimum absolute atomic E-state index is 0.673. The standard InChI is InChI=1S/C23H16O/c1-16(17-7-3-2-4-8-17)23-14-21-12-19-10-6-5-9-18(19)11-20(21)13-22(23)15-24/h2-15H,1H2. The molecule has 0 atom stereocenters. The second-order valence-electron chi connectivity index (χ2n) is 5.95. The maximum Gasteiger partial charge on any atom is 0.150 e. The quantitative estimate of drug-likeness (QED) is 0.342. The van der Waals surface area contributed by atoms with E-state index in [1.165, 1.54) is 10.8 Å². The summed E-state index contributed by atoms with van der Waals surface area (Å²) in [5, 5.41) is 4.56. The van der Waals surface area contributed by atoms with Crippen molar-refractivity contribution in [1.29, 1.82) is 0 Å². The molecule has 0 heterocycles. The van der Waals surface area contributed by atoms with Crippen LogP contribution in [0.5, 0.6) is 0 Å². The zero-order valence-corrected chi connectivity index (χ0v) is 13.2. The number of fused-ring (bicyclic) bond motifs is 2. The van der Waals surface area contributed by atoms with E-state index in [1.807, 2.05) is 48.5 Å². The maximum absolute atomic E-state index is 11.6.